The zero-order chi connectivity index (χ0) is 14.5. The number of aromatic hydroxyl groups is 1. The third-order valence-electron chi connectivity index (χ3n) is 2.98. The van der Waals surface area contributed by atoms with Crippen LogP contribution in [0.4, 0.5) is 5.69 Å². The fourth-order valence-electron chi connectivity index (χ4n) is 1.80. The Bertz CT molecular complexity index is 599. The Balaban J connectivity index is 2.01. The van der Waals surface area contributed by atoms with Crippen LogP contribution in [0, 0.1) is 10.1 Å². The summed E-state index contributed by atoms with van der Waals surface area (Å²) < 4.78 is 0. The molecular formula is C14H15N3O3. The SMILES string of the molecule is CC(NCc1ccc(O)cn1)c1cccc([N+](=O)[O-])c1. The number of rotatable bonds is 5. The molecule has 0 radical (unpaired) electrons. The molecular weight excluding hydrogens is 258 g/mol. The number of nitrogens with one attached hydrogen (secondary N) is 1. The van der Waals surface area contributed by atoms with Gasteiger partial charge in [0, 0.05) is 24.7 Å². The lowest BCUT2D eigenvalue weighted by Gasteiger charge is -2.13. The van der Waals surface area contributed by atoms with E-state index in [0.717, 1.165) is 11.3 Å². The summed E-state index contributed by atoms with van der Waals surface area (Å²) in [6.07, 6.45) is 1.38. The molecule has 1 unspecified atom stereocenters. The maximum Gasteiger partial charge on any atom is 0.269 e. The molecule has 0 spiro atoms. The van der Waals surface area contributed by atoms with Crippen LogP contribution in [-0.2, 0) is 6.54 Å². The standard InChI is InChI=1S/C14H15N3O3/c1-10(11-3-2-4-13(7-11)17(19)20)15-8-12-5-6-14(18)9-16-12/h2-7,9-10,15,18H,8H2,1H3. The van der Waals surface area contributed by atoms with Gasteiger partial charge in [0.1, 0.15) is 5.75 Å². The monoisotopic (exact) mass is 273 g/mol. The highest BCUT2D eigenvalue weighted by Gasteiger charge is 2.10. The molecule has 0 saturated heterocycles. The molecule has 20 heavy (non-hydrogen) atoms. The largest absolute Gasteiger partial charge is 0.506 e. The Morgan fingerprint density at radius 3 is 2.85 bits per heavy atom. The second-order valence-corrected chi connectivity index (χ2v) is 4.46. The second-order valence-electron chi connectivity index (χ2n) is 4.46. The summed E-state index contributed by atoms with van der Waals surface area (Å²) in [4.78, 5) is 14.4. The molecule has 6 heteroatoms. The van der Waals surface area contributed by atoms with E-state index < -0.39 is 4.92 Å². The zero-order valence-corrected chi connectivity index (χ0v) is 11.0. The Labute approximate surface area is 116 Å². The molecule has 0 amide bonds. The summed E-state index contributed by atoms with van der Waals surface area (Å²) in [6, 6.07) is 9.80. The molecule has 0 fully saturated rings. The van der Waals surface area contributed by atoms with Gasteiger partial charge in [-0.1, -0.05) is 12.1 Å². The van der Waals surface area contributed by atoms with E-state index in [9.17, 15) is 10.1 Å². The van der Waals surface area contributed by atoms with Crippen molar-refractivity contribution in [3.8, 4) is 5.75 Å². The van der Waals surface area contributed by atoms with Crippen molar-refractivity contribution >= 4 is 5.69 Å². The van der Waals surface area contributed by atoms with Gasteiger partial charge in [-0.15, -0.1) is 0 Å². The van der Waals surface area contributed by atoms with Crippen molar-refractivity contribution < 1.29 is 10.0 Å². The zero-order valence-electron chi connectivity index (χ0n) is 11.0. The van der Waals surface area contributed by atoms with Gasteiger partial charge in [0.2, 0.25) is 0 Å². The molecule has 1 heterocycles. The van der Waals surface area contributed by atoms with Crippen LogP contribution in [0.1, 0.15) is 24.2 Å². The lowest BCUT2D eigenvalue weighted by molar-refractivity contribution is -0.384. The van der Waals surface area contributed by atoms with E-state index in [1.54, 1.807) is 24.3 Å². The van der Waals surface area contributed by atoms with Gasteiger partial charge in [-0.3, -0.25) is 15.1 Å². The smallest absolute Gasteiger partial charge is 0.269 e. The van der Waals surface area contributed by atoms with E-state index in [1.165, 1.54) is 12.3 Å². The number of nitrogens with zero attached hydrogens (tertiary/aromatic N) is 2. The van der Waals surface area contributed by atoms with Crippen LogP contribution in [0.2, 0.25) is 0 Å². The first-order valence-corrected chi connectivity index (χ1v) is 6.18. The Morgan fingerprint density at radius 2 is 2.20 bits per heavy atom. The minimum absolute atomic E-state index is 0.0366. The summed E-state index contributed by atoms with van der Waals surface area (Å²) in [5.41, 5.74) is 1.72. The van der Waals surface area contributed by atoms with Gasteiger partial charge in [0.15, 0.2) is 0 Å². The van der Waals surface area contributed by atoms with E-state index in [1.807, 2.05) is 13.0 Å². The molecule has 0 aliphatic heterocycles. The minimum Gasteiger partial charge on any atom is -0.506 e. The highest BCUT2D eigenvalue weighted by atomic mass is 16.6. The molecule has 1 aromatic heterocycles. The van der Waals surface area contributed by atoms with Gasteiger partial charge >= 0.3 is 0 Å². The van der Waals surface area contributed by atoms with Crippen molar-refractivity contribution in [2.24, 2.45) is 0 Å². The maximum absolute atomic E-state index is 10.7. The van der Waals surface area contributed by atoms with Crippen LogP contribution in [0.5, 0.6) is 5.75 Å². The quantitative estimate of drug-likeness (QED) is 0.645. The number of pyridine rings is 1. The fraction of sp³-hybridized carbons (Fsp3) is 0.214. The van der Waals surface area contributed by atoms with Gasteiger partial charge in [0.05, 0.1) is 16.8 Å². The first kappa shape index (κ1) is 14.0. The van der Waals surface area contributed by atoms with Crippen LogP contribution in [0.3, 0.4) is 0 Å². The lowest BCUT2D eigenvalue weighted by Crippen LogP contribution is -2.18. The number of non-ortho nitro benzene ring substituents is 1. The molecule has 2 aromatic rings. The van der Waals surface area contributed by atoms with E-state index in [2.05, 4.69) is 10.3 Å². The summed E-state index contributed by atoms with van der Waals surface area (Å²) >= 11 is 0. The molecule has 6 nitrogen and oxygen atoms in total. The van der Waals surface area contributed by atoms with Crippen molar-refractivity contribution in [2.75, 3.05) is 0 Å². The van der Waals surface area contributed by atoms with Gasteiger partial charge in [0.25, 0.3) is 5.69 Å². The molecule has 0 aliphatic carbocycles. The molecule has 0 saturated carbocycles. The van der Waals surface area contributed by atoms with Crippen LogP contribution in [0.15, 0.2) is 42.6 Å². The van der Waals surface area contributed by atoms with Gasteiger partial charge < -0.3 is 10.4 Å². The summed E-state index contributed by atoms with van der Waals surface area (Å²) in [7, 11) is 0. The highest BCUT2D eigenvalue weighted by Crippen LogP contribution is 2.19. The molecule has 0 aliphatic rings. The molecule has 2 N–H and O–H groups in total. The molecule has 2 rings (SSSR count). The van der Waals surface area contributed by atoms with E-state index in [-0.39, 0.29) is 17.5 Å². The summed E-state index contributed by atoms with van der Waals surface area (Å²) in [5, 5.41) is 23.1. The molecule has 1 aromatic carbocycles. The van der Waals surface area contributed by atoms with Crippen molar-refractivity contribution in [1.82, 2.24) is 10.3 Å². The van der Waals surface area contributed by atoms with Crippen LogP contribution >= 0.6 is 0 Å². The van der Waals surface area contributed by atoms with Gasteiger partial charge in [-0.2, -0.15) is 0 Å². The number of hydrogen-bond acceptors (Lipinski definition) is 5. The van der Waals surface area contributed by atoms with Crippen LogP contribution < -0.4 is 5.32 Å². The van der Waals surface area contributed by atoms with E-state index in [4.69, 9.17) is 5.11 Å². The summed E-state index contributed by atoms with van der Waals surface area (Å²) in [5.74, 6) is 0.125. The van der Waals surface area contributed by atoms with Crippen LogP contribution in [-0.4, -0.2) is 15.0 Å². The predicted molar refractivity (Wildman–Crippen MR) is 74.3 cm³/mol. The number of nitro groups is 1. The fourth-order valence-corrected chi connectivity index (χ4v) is 1.80. The van der Waals surface area contributed by atoms with E-state index >= 15 is 0 Å². The Kier molecular flexibility index (Phi) is 4.27. The van der Waals surface area contributed by atoms with Gasteiger partial charge in [-0.05, 0) is 24.6 Å². The van der Waals surface area contributed by atoms with Crippen molar-refractivity contribution in [2.45, 2.75) is 19.5 Å². The number of benzene rings is 1. The number of nitro benzene ring substituents is 1. The average Bonchev–Trinajstić information content (AvgIpc) is 2.46. The van der Waals surface area contributed by atoms with Crippen LogP contribution in [0.25, 0.3) is 0 Å². The number of aromatic nitrogens is 1. The lowest BCUT2D eigenvalue weighted by atomic mass is 10.1. The molecule has 1 atom stereocenters. The highest BCUT2D eigenvalue weighted by molar-refractivity contribution is 5.35. The normalized spacial score (nSPS) is 12.1. The summed E-state index contributed by atoms with van der Waals surface area (Å²) in [6.45, 7) is 2.45. The average molecular weight is 273 g/mol. The topological polar surface area (TPSA) is 88.3 Å². The maximum atomic E-state index is 10.7. The first-order chi connectivity index (χ1) is 9.56. The molecule has 0 bridgehead atoms. The van der Waals surface area contributed by atoms with Gasteiger partial charge in [-0.25, -0.2) is 0 Å². The van der Waals surface area contributed by atoms with Crippen molar-refractivity contribution in [3.05, 3.63) is 64.0 Å². The third kappa shape index (κ3) is 3.52. The predicted octanol–water partition coefficient (Wildman–Crippen LogP) is 2.55. The van der Waals surface area contributed by atoms with Crippen molar-refractivity contribution in [3.63, 3.8) is 0 Å². The minimum atomic E-state index is -0.405. The first-order valence-electron chi connectivity index (χ1n) is 6.18. The Morgan fingerprint density at radius 1 is 1.40 bits per heavy atom. The van der Waals surface area contributed by atoms with E-state index in [0.29, 0.717) is 6.54 Å². The Hall–Kier alpha value is -2.47. The number of hydrogen-bond donors (Lipinski definition) is 2. The van der Waals surface area contributed by atoms with Crippen molar-refractivity contribution in [1.29, 1.82) is 0 Å². The molecule has 104 valence electrons. The second kappa shape index (κ2) is 6.12. The third-order valence-corrected chi connectivity index (χ3v) is 2.98.